The summed E-state index contributed by atoms with van der Waals surface area (Å²) in [4.78, 5) is 14.5. The lowest BCUT2D eigenvalue weighted by Gasteiger charge is -2.34. The Labute approximate surface area is 174 Å². The standard InChI is InChI=1S/C20H31N3O3S.ClH/c21-11-4-2-1-3-8-20(24)22-12-14-23(15-13-22)27(25,26)19-10-9-17-6-5-7-18(17)16-19;/h9-10,16H,1-8,11-15,21H2;1H. The Hall–Kier alpha value is -1.15. The Bertz CT molecular complexity index is 762. The highest BCUT2D eigenvalue weighted by Gasteiger charge is 2.30. The van der Waals surface area contributed by atoms with Gasteiger partial charge in [-0.15, -0.1) is 12.4 Å². The van der Waals surface area contributed by atoms with Crippen LogP contribution >= 0.6 is 12.4 Å². The number of nitrogens with two attached hydrogens (primary N) is 1. The smallest absolute Gasteiger partial charge is 0.243 e. The van der Waals surface area contributed by atoms with Gasteiger partial charge in [0.2, 0.25) is 15.9 Å². The molecule has 0 atom stereocenters. The molecule has 2 aliphatic rings. The van der Waals surface area contributed by atoms with E-state index in [-0.39, 0.29) is 18.3 Å². The summed E-state index contributed by atoms with van der Waals surface area (Å²) in [6.45, 7) is 2.41. The lowest BCUT2D eigenvalue weighted by molar-refractivity contribution is -0.132. The van der Waals surface area contributed by atoms with E-state index in [0.717, 1.165) is 44.9 Å². The lowest BCUT2D eigenvalue weighted by Crippen LogP contribution is -2.50. The Morgan fingerprint density at radius 2 is 1.64 bits per heavy atom. The van der Waals surface area contributed by atoms with Crippen LogP contribution in [0.25, 0.3) is 0 Å². The third kappa shape index (κ3) is 5.47. The predicted octanol–water partition coefficient (Wildman–Crippen LogP) is 2.34. The van der Waals surface area contributed by atoms with Crippen LogP contribution in [0, 0.1) is 0 Å². The zero-order valence-corrected chi connectivity index (χ0v) is 18.1. The molecule has 0 radical (unpaired) electrons. The van der Waals surface area contributed by atoms with Gasteiger partial charge in [-0.1, -0.05) is 18.9 Å². The summed E-state index contributed by atoms with van der Waals surface area (Å²) in [7, 11) is -3.48. The number of carbonyl (C=O) groups excluding carboxylic acids is 1. The van der Waals surface area contributed by atoms with Gasteiger partial charge in [-0.05, 0) is 61.9 Å². The second-order valence-electron chi connectivity index (χ2n) is 7.52. The van der Waals surface area contributed by atoms with Gasteiger partial charge in [0, 0.05) is 32.6 Å². The molecule has 0 saturated carbocycles. The quantitative estimate of drug-likeness (QED) is 0.643. The molecule has 0 bridgehead atoms. The van der Waals surface area contributed by atoms with Gasteiger partial charge in [-0.3, -0.25) is 4.79 Å². The van der Waals surface area contributed by atoms with E-state index in [1.165, 1.54) is 15.4 Å². The molecule has 1 fully saturated rings. The van der Waals surface area contributed by atoms with Gasteiger partial charge in [0.25, 0.3) is 0 Å². The molecule has 1 aromatic rings. The van der Waals surface area contributed by atoms with E-state index < -0.39 is 10.0 Å². The first-order valence-corrected chi connectivity index (χ1v) is 11.6. The molecule has 1 aliphatic heterocycles. The van der Waals surface area contributed by atoms with Crippen LogP contribution in [0.5, 0.6) is 0 Å². The van der Waals surface area contributed by atoms with Crippen LogP contribution in [0.2, 0.25) is 0 Å². The van der Waals surface area contributed by atoms with Crippen molar-refractivity contribution >= 4 is 28.3 Å². The molecule has 8 heteroatoms. The highest BCUT2D eigenvalue weighted by Crippen LogP contribution is 2.26. The number of unbranched alkanes of at least 4 members (excludes halogenated alkanes) is 3. The van der Waals surface area contributed by atoms with Crippen molar-refractivity contribution < 1.29 is 13.2 Å². The van der Waals surface area contributed by atoms with E-state index in [1.807, 2.05) is 12.1 Å². The van der Waals surface area contributed by atoms with E-state index in [4.69, 9.17) is 5.73 Å². The number of nitrogens with zero attached hydrogens (tertiary/aromatic N) is 2. The molecule has 1 amide bonds. The maximum absolute atomic E-state index is 12.9. The minimum atomic E-state index is -3.48. The van der Waals surface area contributed by atoms with Gasteiger partial charge in [-0.2, -0.15) is 4.31 Å². The molecule has 6 nitrogen and oxygen atoms in total. The van der Waals surface area contributed by atoms with Crippen molar-refractivity contribution in [2.24, 2.45) is 5.73 Å². The molecule has 0 unspecified atom stereocenters. The van der Waals surface area contributed by atoms with Crippen LogP contribution in [-0.4, -0.2) is 56.3 Å². The first-order chi connectivity index (χ1) is 13.0. The summed E-state index contributed by atoms with van der Waals surface area (Å²) in [5.74, 6) is 0.136. The number of piperazine rings is 1. The molecular formula is C20H32ClN3O3S. The molecule has 0 spiro atoms. The summed E-state index contributed by atoms with van der Waals surface area (Å²) < 4.78 is 27.4. The van der Waals surface area contributed by atoms with Crippen LogP contribution in [0.15, 0.2) is 23.1 Å². The highest BCUT2D eigenvalue weighted by molar-refractivity contribution is 7.89. The number of rotatable bonds is 8. The summed E-state index contributed by atoms with van der Waals surface area (Å²) in [5, 5.41) is 0. The fraction of sp³-hybridized carbons (Fsp3) is 0.650. The number of hydrogen-bond acceptors (Lipinski definition) is 4. The van der Waals surface area contributed by atoms with Crippen molar-refractivity contribution in [2.75, 3.05) is 32.7 Å². The second-order valence-corrected chi connectivity index (χ2v) is 9.46. The third-order valence-electron chi connectivity index (χ3n) is 5.64. The number of aryl methyl sites for hydroxylation is 2. The minimum absolute atomic E-state index is 0. The van der Waals surface area contributed by atoms with Gasteiger partial charge < -0.3 is 10.6 Å². The van der Waals surface area contributed by atoms with Crippen molar-refractivity contribution in [3.63, 3.8) is 0 Å². The number of fused-ring (bicyclic) bond motifs is 1. The van der Waals surface area contributed by atoms with Crippen molar-refractivity contribution in [3.8, 4) is 0 Å². The number of amides is 1. The van der Waals surface area contributed by atoms with Gasteiger partial charge in [-0.25, -0.2) is 8.42 Å². The van der Waals surface area contributed by atoms with Crippen LogP contribution in [0.1, 0.15) is 49.7 Å². The van der Waals surface area contributed by atoms with Gasteiger partial charge in [0.05, 0.1) is 4.90 Å². The Morgan fingerprint density at radius 3 is 2.36 bits per heavy atom. The monoisotopic (exact) mass is 429 g/mol. The number of benzene rings is 1. The second kappa shape index (κ2) is 10.6. The Morgan fingerprint density at radius 1 is 0.964 bits per heavy atom. The molecule has 1 saturated heterocycles. The van der Waals surface area contributed by atoms with Crippen LogP contribution in [0.4, 0.5) is 0 Å². The van der Waals surface area contributed by atoms with Crippen molar-refractivity contribution in [1.29, 1.82) is 0 Å². The lowest BCUT2D eigenvalue weighted by atomic mass is 10.1. The molecule has 0 aromatic heterocycles. The topological polar surface area (TPSA) is 83.7 Å². The fourth-order valence-corrected chi connectivity index (χ4v) is 5.44. The molecule has 1 aliphatic carbocycles. The fourth-order valence-electron chi connectivity index (χ4n) is 3.97. The van der Waals surface area contributed by atoms with E-state index in [9.17, 15) is 13.2 Å². The van der Waals surface area contributed by atoms with Crippen LogP contribution in [-0.2, 0) is 27.7 Å². The first kappa shape index (κ1) is 23.1. The molecule has 28 heavy (non-hydrogen) atoms. The van der Waals surface area contributed by atoms with Crippen molar-refractivity contribution in [3.05, 3.63) is 29.3 Å². The summed E-state index contributed by atoms with van der Waals surface area (Å²) >= 11 is 0. The van der Waals surface area contributed by atoms with Gasteiger partial charge in [0.1, 0.15) is 0 Å². The summed E-state index contributed by atoms with van der Waals surface area (Å²) in [5.41, 5.74) is 7.92. The van der Waals surface area contributed by atoms with E-state index in [2.05, 4.69) is 0 Å². The minimum Gasteiger partial charge on any atom is -0.340 e. The maximum atomic E-state index is 12.9. The Balaban J connectivity index is 0.00000280. The van der Waals surface area contributed by atoms with Crippen LogP contribution in [0.3, 0.4) is 0 Å². The molecule has 1 aromatic carbocycles. The molecule has 1 heterocycles. The SMILES string of the molecule is Cl.NCCCCCCC(=O)N1CCN(S(=O)(=O)c2ccc3c(c2)CCC3)CC1. The van der Waals surface area contributed by atoms with E-state index >= 15 is 0 Å². The average molecular weight is 430 g/mol. The van der Waals surface area contributed by atoms with E-state index in [0.29, 0.717) is 44.0 Å². The molecule has 158 valence electrons. The number of sulfonamides is 1. The van der Waals surface area contributed by atoms with Crippen molar-refractivity contribution in [1.82, 2.24) is 9.21 Å². The normalized spacial score (nSPS) is 17.2. The predicted molar refractivity (Wildman–Crippen MR) is 113 cm³/mol. The van der Waals surface area contributed by atoms with Crippen molar-refractivity contribution in [2.45, 2.75) is 56.3 Å². The summed E-state index contributed by atoms with van der Waals surface area (Å²) in [6.07, 6.45) is 7.63. The van der Waals surface area contributed by atoms with Gasteiger partial charge in [0.15, 0.2) is 0 Å². The molecule has 2 N–H and O–H groups in total. The molecule has 3 rings (SSSR count). The largest absolute Gasteiger partial charge is 0.340 e. The van der Waals surface area contributed by atoms with Gasteiger partial charge >= 0.3 is 0 Å². The maximum Gasteiger partial charge on any atom is 0.243 e. The number of hydrogen-bond donors (Lipinski definition) is 1. The zero-order chi connectivity index (χ0) is 19.3. The number of carbonyl (C=O) groups is 1. The first-order valence-electron chi connectivity index (χ1n) is 10.1. The zero-order valence-electron chi connectivity index (χ0n) is 16.4. The Kier molecular flexibility index (Phi) is 8.74. The number of halogens is 1. The van der Waals surface area contributed by atoms with Crippen LogP contribution < -0.4 is 5.73 Å². The third-order valence-corrected chi connectivity index (χ3v) is 7.54. The highest BCUT2D eigenvalue weighted by atomic mass is 35.5. The summed E-state index contributed by atoms with van der Waals surface area (Å²) in [6, 6.07) is 5.54. The molecular weight excluding hydrogens is 398 g/mol. The van der Waals surface area contributed by atoms with E-state index in [1.54, 1.807) is 11.0 Å². The average Bonchev–Trinajstić information content (AvgIpc) is 3.15.